The number of aryl methyl sites for hydroxylation is 1. The molecule has 0 aliphatic carbocycles. The summed E-state index contributed by atoms with van der Waals surface area (Å²) < 4.78 is 33.5. The number of methoxy groups -OCH3 is 1. The largest absolute Gasteiger partial charge is 0.495 e. The molecule has 3 N–H and O–H groups in total. The summed E-state index contributed by atoms with van der Waals surface area (Å²) in [5.74, 6) is -0.874. The molecule has 10 heteroatoms. The molecule has 2 aromatic rings. The zero-order valence-electron chi connectivity index (χ0n) is 17.1. The maximum atomic E-state index is 12.5. The fourth-order valence-electron chi connectivity index (χ4n) is 2.63. The SMILES string of the molecule is COc1ccc(C(=O)NCC(=O)Nc2ccc(Br)cc2C)cc1S(=O)(=O)NC(C)C. The average molecular weight is 498 g/mol. The predicted octanol–water partition coefficient (Wildman–Crippen LogP) is 2.82. The van der Waals surface area contributed by atoms with Gasteiger partial charge in [0.2, 0.25) is 15.9 Å². The van der Waals surface area contributed by atoms with Crippen LogP contribution in [0.5, 0.6) is 5.75 Å². The quantitative estimate of drug-likeness (QED) is 0.518. The maximum absolute atomic E-state index is 12.5. The van der Waals surface area contributed by atoms with Gasteiger partial charge in [-0.2, -0.15) is 0 Å². The third kappa shape index (κ3) is 6.28. The molecule has 0 aromatic heterocycles. The van der Waals surface area contributed by atoms with Crippen molar-refractivity contribution >= 4 is 43.5 Å². The lowest BCUT2D eigenvalue weighted by molar-refractivity contribution is -0.115. The number of hydrogen-bond donors (Lipinski definition) is 3. The van der Waals surface area contributed by atoms with E-state index in [4.69, 9.17) is 4.74 Å². The van der Waals surface area contributed by atoms with Crippen LogP contribution in [0.3, 0.4) is 0 Å². The van der Waals surface area contributed by atoms with Gasteiger partial charge in [-0.25, -0.2) is 13.1 Å². The molecular weight excluding hydrogens is 474 g/mol. The second-order valence-corrected chi connectivity index (χ2v) is 9.43. The van der Waals surface area contributed by atoms with E-state index >= 15 is 0 Å². The van der Waals surface area contributed by atoms with Crippen molar-refractivity contribution in [3.05, 3.63) is 52.0 Å². The Bertz CT molecular complexity index is 1050. The van der Waals surface area contributed by atoms with Crippen LogP contribution in [0.2, 0.25) is 0 Å². The highest BCUT2D eigenvalue weighted by Crippen LogP contribution is 2.25. The van der Waals surface area contributed by atoms with E-state index in [1.165, 1.54) is 25.3 Å². The Labute approximate surface area is 184 Å². The molecule has 0 aliphatic rings. The standard InChI is InChI=1S/C20H24BrN3O5S/c1-12(2)24-30(27,28)18-10-14(5-8-17(18)29-4)20(26)22-11-19(25)23-16-7-6-15(21)9-13(16)3/h5-10,12,24H,11H2,1-4H3,(H,22,26)(H,23,25). The smallest absolute Gasteiger partial charge is 0.251 e. The molecule has 2 aromatic carbocycles. The molecule has 30 heavy (non-hydrogen) atoms. The van der Waals surface area contributed by atoms with Crippen molar-refractivity contribution in [2.75, 3.05) is 19.0 Å². The van der Waals surface area contributed by atoms with E-state index in [1.54, 1.807) is 26.0 Å². The summed E-state index contributed by atoms with van der Waals surface area (Å²) in [6, 6.07) is 9.12. The Morgan fingerprint density at radius 3 is 2.43 bits per heavy atom. The third-order valence-electron chi connectivity index (χ3n) is 3.98. The number of anilines is 1. The van der Waals surface area contributed by atoms with Crippen LogP contribution in [-0.2, 0) is 14.8 Å². The summed E-state index contributed by atoms with van der Waals surface area (Å²) >= 11 is 3.36. The van der Waals surface area contributed by atoms with E-state index < -0.39 is 21.8 Å². The van der Waals surface area contributed by atoms with Crippen LogP contribution in [0, 0.1) is 6.92 Å². The van der Waals surface area contributed by atoms with Gasteiger partial charge in [0.25, 0.3) is 5.91 Å². The molecule has 0 fully saturated rings. The van der Waals surface area contributed by atoms with E-state index in [0.717, 1.165) is 10.0 Å². The van der Waals surface area contributed by atoms with Gasteiger partial charge in [0.15, 0.2) is 0 Å². The fourth-order valence-corrected chi connectivity index (χ4v) is 4.55. The molecule has 0 saturated heterocycles. The Morgan fingerprint density at radius 1 is 1.13 bits per heavy atom. The summed E-state index contributed by atoms with van der Waals surface area (Å²) in [6.07, 6.45) is 0. The molecule has 162 valence electrons. The summed E-state index contributed by atoms with van der Waals surface area (Å²) in [5, 5.41) is 5.21. The van der Waals surface area contributed by atoms with Crippen LogP contribution < -0.4 is 20.1 Å². The predicted molar refractivity (Wildman–Crippen MR) is 118 cm³/mol. The van der Waals surface area contributed by atoms with Crippen LogP contribution in [-0.4, -0.2) is 39.9 Å². The molecular formula is C20H24BrN3O5S. The van der Waals surface area contributed by atoms with Crippen LogP contribution in [0.1, 0.15) is 29.8 Å². The minimum absolute atomic E-state index is 0.0903. The van der Waals surface area contributed by atoms with E-state index in [2.05, 4.69) is 31.3 Å². The average Bonchev–Trinajstić information content (AvgIpc) is 2.66. The van der Waals surface area contributed by atoms with Gasteiger partial charge in [0, 0.05) is 21.8 Å². The zero-order valence-corrected chi connectivity index (χ0v) is 19.5. The first-order valence-corrected chi connectivity index (χ1v) is 11.4. The Balaban J connectivity index is 2.11. The van der Waals surface area contributed by atoms with Gasteiger partial charge in [-0.15, -0.1) is 0 Å². The number of hydrogen-bond acceptors (Lipinski definition) is 5. The molecule has 2 rings (SSSR count). The molecule has 0 aliphatic heterocycles. The lowest BCUT2D eigenvalue weighted by atomic mass is 10.2. The number of carbonyl (C=O) groups is 2. The van der Waals surface area contributed by atoms with Gasteiger partial charge < -0.3 is 15.4 Å². The van der Waals surface area contributed by atoms with E-state index in [1.807, 2.05) is 13.0 Å². The van der Waals surface area contributed by atoms with Crippen LogP contribution in [0.4, 0.5) is 5.69 Å². The van der Waals surface area contributed by atoms with E-state index in [-0.39, 0.29) is 28.8 Å². The van der Waals surface area contributed by atoms with E-state index in [0.29, 0.717) is 5.69 Å². The number of carbonyl (C=O) groups excluding carboxylic acids is 2. The van der Waals surface area contributed by atoms with Crippen LogP contribution in [0.25, 0.3) is 0 Å². The van der Waals surface area contributed by atoms with Crippen molar-refractivity contribution in [3.63, 3.8) is 0 Å². The number of halogens is 1. The highest BCUT2D eigenvalue weighted by molar-refractivity contribution is 9.10. The number of amides is 2. The number of ether oxygens (including phenoxy) is 1. The van der Waals surface area contributed by atoms with Crippen molar-refractivity contribution in [2.24, 2.45) is 0 Å². The number of sulfonamides is 1. The molecule has 0 bridgehead atoms. The first-order valence-electron chi connectivity index (χ1n) is 9.08. The lowest BCUT2D eigenvalue weighted by Gasteiger charge is -2.14. The highest BCUT2D eigenvalue weighted by atomic mass is 79.9. The molecule has 0 saturated carbocycles. The summed E-state index contributed by atoms with van der Waals surface area (Å²) in [6.45, 7) is 4.95. The second kappa shape index (κ2) is 10.1. The van der Waals surface area contributed by atoms with E-state index in [9.17, 15) is 18.0 Å². The first-order chi connectivity index (χ1) is 14.0. The Kier molecular flexibility index (Phi) is 7.99. The van der Waals surface area contributed by atoms with Crippen LogP contribution in [0.15, 0.2) is 45.8 Å². The zero-order chi connectivity index (χ0) is 22.5. The van der Waals surface area contributed by atoms with Crippen LogP contribution >= 0.6 is 15.9 Å². The summed E-state index contributed by atoms with van der Waals surface area (Å²) in [7, 11) is -2.53. The molecule has 0 spiro atoms. The molecule has 8 nitrogen and oxygen atoms in total. The Morgan fingerprint density at radius 2 is 1.83 bits per heavy atom. The minimum atomic E-state index is -3.88. The van der Waals surface area contributed by atoms with Crippen molar-refractivity contribution in [1.29, 1.82) is 0 Å². The van der Waals surface area contributed by atoms with Gasteiger partial charge in [0.1, 0.15) is 10.6 Å². The van der Waals surface area contributed by atoms with Gasteiger partial charge >= 0.3 is 0 Å². The highest BCUT2D eigenvalue weighted by Gasteiger charge is 2.22. The number of nitrogens with one attached hydrogen (secondary N) is 3. The van der Waals surface area contributed by atoms with Gasteiger partial charge in [0.05, 0.1) is 13.7 Å². The van der Waals surface area contributed by atoms with Crippen molar-refractivity contribution in [1.82, 2.24) is 10.0 Å². The van der Waals surface area contributed by atoms with Crippen molar-refractivity contribution < 1.29 is 22.7 Å². The lowest BCUT2D eigenvalue weighted by Crippen LogP contribution is -2.33. The van der Waals surface area contributed by atoms with Gasteiger partial charge in [-0.05, 0) is 62.7 Å². The second-order valence-electron chi connectivity index (χ2n) is 6.83. The van der Waals surface area contributed by atoms with Gasteiger partial charge in [-0.1, -0.05) is 15.9 Å². The fraction of sp³-hybridized carbons (Fsp3) is 0.300. The molecule has 2 amide bonds. The summed E-state index contributed by atoms with van der Waals surface area (Å²) in [5.41, 5.74) is 1.59. The number of benzene rings is 2. The maximum Gasteiger partial charge on any atom is 0.251 e. The Hall–Kier alpha value is -2.43. The summed E-state index contributed by atoms with van der Waals surface area (Å²) in [4.78, 5) is 24.5. The number of rotatable bonds is 8. The molecule has 0 radical (unpaired) electrons. The van der Waals surface area contributed by atoms with Crippen molar-refractivity contribution in [2.45, 2.75) is 31.7 Å². The molecule has 0 heterocycles. The first kappa shape index (κ1) is 23.8. The normalized spacial score (nSPS) is 11.3. The topological polar surface area (TPSA) is 114 Å². The minimum Gasteiger partial charge on any atom is -0.495 e. The third-order valence-corrected chi connectivity index (χ3v) is 6.15. The monoisotopic (exact) mass is 497 g/mol. The molecule has 0 atom stereocenters. The van der Waals surface area contributed by atoms with Gasteiger partial charge in [-0.3, -0.25) is 9.59 Å². The van der Waals surface area contributed by atoms with Crippen molar-refractivity contribution in [3.8, 4) is 5.75 Å². The molecule has 0 unspecified atom stereocenters.